The van der Waals surface area contributed by atoms with Crippen molar-refractivity contribution in [3.05, 3.63) is 59.1 Å². The van der Waals surface area contributed by atoms with Crippen molar-refractivity contribution in [2.75, 3.05) is 31.6 Å². The third-order valence-electron chi connectivity index (χ3n) is 3.80. The molecule has 1 heterocycles. The normalized spacial score (nSPS) is 12.8. The topological polar surface area (TPSA) is 59.6 Å². The average Bonchev–Trinajstić information content (AvgIpc) is 2.67. The van der Waals surface area contributed by atoms with E-state index in [4.69, 9.17) is 21.1 Å². The van der Waals surface area contributed by atoms with E-state index < -0.39 is 0 Å². The summed E-state index contributed by atoms with van der Waals surface area (Å²) in [5, 5.41) is 6.64. The van der Waals surface area contributed by atoms with Gasteiger partial charge < -0.3 is 20.1 Å². The van der Waals surface area contributed by atoms with Crippen LogP contribution in [0, 0.1) is 0 Å². The fourth-order valence-electron chi connectivity index (χ4n) is 2.55. The van der Waals surface area contributed by atoms with Crippen molar-refractivity contribution in [2.24, 2.45) is 0 Å². The van der Waals surface area contributed by atoms with Crippen molar-refractivity contribution in [3.63, 3.8) is 0 Å². The van der Waals surface area contributed by atoms with E-state index in [0.29, 0.717) is 36.3 Å². The summed E-state index contributed by atoms with van der Waals surface area (Å²) in [6.45, 7) is 2.38. The maximum atomic E-state index is 11.9. The van der Waals surface area contributed by atoms with Crippen LogP contribution in [0.3, 0.4) is 0 Å². The van der Waals surface area contributed by atoms with Crippen LogP contribution in [0.4, 0.5) is 5.69 Å². The van der Waals surface area contributed by atoms with Crippen molar-refractivity contribution >= 4 is 29.3 Å². The molecule has 0 bridgehead atoms. The fraction of sp³-hybridized carbons (Fsp3) is 0.250. The summed E-state index contributed by atoms with van der Waals surface area (Å²) in [6.07, 6.45) is 4.04. The molecule has 1 aliphatic heterocycles. The van der Waals surface area contributed by atoms with E-state index in [0.717, 1.165) is 24.2 Å². The van der Waals surface area contributed by atoms with E-state index in [2.05, 4.69) is 10.6 Å². The molecule has 2 N–H and O–H groups in total. The number of halogens is 1. The monoisotopic (exact) mass is 372 g/mol. The number of benzene rings is 2. The van der Waals surface area contributed by atoms with Gasteiger partial charge in [0.15, 0.2) is 11.5 Å². The van der Waals surface area contributed by atoms with Crippen molar-refractivity contribution in [1.82, 2.24) is 5.32 Å². The number of carbonyl (C=O) groups is 1. The first kappa shape index (κ1) is 18.1. The summed E-state index contributed by atoms with van der Waals surface area (Å²) in [6, 6.07) is 13.5. The summed E-state index contributed by atoms with van der Waals surface area (Å²) in [5.74, 6) is 1.02. The molecule has 3 rings (SSSR count). The standard InChI is InChI=1S/C20H21ClN2O3/c21-17-13-15(14-18-20(17)26-12-11-25-18)7-8-19(24)23-10-4-9-22-16-5-2-1-3-6-16/h1-3,5-8,13-14,22H,4,9-12H2,(H,23,24)/b8-7+. The minimum atomic E-state index is -0.143. The summed E-state index contributed by atoms with van der Waals surface area (Å²) in [4.78, 5) is 11.9. The van der Waals surface area contributed by atoms with Gasteiger partial charge in [-0.25, -0.2) is 0 Å². The van der Waals surface area contributed by atoms with Crippen molar-refractivity contribution in [2.45, 2.75) is 6.42 Å². The van der Waals surface area contributed by atoms with Gasteiger partial charge in [-0.3, -0.25) is 4.79 Å². The highest BCUT2D eigenvalue weighted by molar-refractivity contribution is 6.32. The number of anilines is 1. The van der Waals surface area contributed by atoms with Gasteiger partial charge >= 0.3 is 0 Å². The molecule has 0 atom stereocenters. The highest BCUT2D eigenvalue weighted by Crippen LogP contribution is 2.38. The largest absolute Gasteiger partial charge is 0.486 e. The lowest BCUT2D eigenvalue weighted by atomic mass is 10.1. The molecular weight excluding hydrogens is 352 g/mol. The van der Waals surface area contributed by atoms with Crippen LogP contribution >= 0.6 is 11.6 Å². The number of rotatable bonds is 7. The van der Waals surface area contributed by atoms with Crippen LogP contribution in [-0.4, -0.2) is 32.2 Å². The molecule has 1 aliphatic rings. The van der Waals surface area contributed by atoms with Crippen molar-refractivity contribution in [1.29, 1.82) is 0 Å². The molecule has 0 saturated heterocycles. The minimum Gasteiger partial charge on any atom is -0.486 e. The number of para-hydroxylation sites is 1. The van der Waals surface area contributed by atoms with Crippen molar-refractivity contribution < 1.29 is 14.3 Å². The van der Waals surface area contributed by atoms with Crippen molar-refractivity contribution in [3.8, 4) is 11.5 Å². The number of amides is 1. The van der Waals surface area contributed by atoms with Gasteiger partial charge in [0.1, 0.15) is 13.2 Å². The van der Waals surface area contributed by atoms with E-state index in [1.807, 2.05) is 36.4 Å². The van der Waals surface area contributed by atoms with E-state index in [-0.39, 0.29) is 5.91 Å². The van der Waals surface area contributed by atoms with E-state index in [1.54, 1.807) is 12.1 Å². The van der Waals surface area contributed by atoms with Gasteiger partial charge in [0, 0.05) is 24.9 Å². The summed E-state index contributed by atoms with van der Waals surface area (Å²) >= 11 is 6.19. The average molecular weight is 373 g/mol. The molecule has 0 unspecified atom stereocenters. The predicted molar refractivity (Wildman–Crippen MR) is 104 cm³/mol. The number of hydrogen-bond donors (Lipinski definition) is 2. The van der Waals surface area contributed by atoms with Crippen LogP contribution in [-0.2, 0) is 4.79 Å². The maximum absolute atomic E-state index is 11.9. The van der Waals surface area contributed by atoms with E-state index >= 15 is 0 Å². The van der Waals surface area contributed by atoms with Gasteiger partial charge in [0.05, 0.1) is 5.02 Å². The fourth-order valence-corrected chi connectivity index (χ4v) is 2.82. The lowest BCUT2D eigenvalue weighted by Crippen LogP contribution is -2.23. The molecule has 5 nitrogen and oxygen atoms in total. The third-order valence-corrected chi connectivity index (χ3v) is 4.08. The molecule has 2 aromatic carbocycles. The molecule has 0 saturated carbocycles. The lowest BCUT2D eigenvalue weighted by Gasteiger charge is -2.19. The first-order chi connectivity index (χ1) is 12.7. The van der Waals surface area contributed by atoms with Gasteiger partial charge in [0.2, 0.25) is 5.91 Å². The molecule has 6 heteroatoms. The zero-order valence-corrected chi connectivity index (χ0v) is 15.1. The van der Waals surface area contributed by atoms with Crippen LogP contribution in [0.2, 0.25) is 5.02 Å². The minimum absolute atomic E-state index is 0.143. The second-order valence-electron chi connectivity index (χ2n) is 5.80. The Bertz CT molecular complexity index is 778. The molecule has 0 fully saturated rings. The van der Waals surface area contributed by atoms with Crippen LogP contribution in [0.1, 0.15) is 12.0 Å². The van der Waals surface area contributed by atoms with E-state index in [9.17, 15) is 4.79 Å². The SMILES string of the molecule is O=C(/C=C/c1cc(Cl)c2c(c1)OCCO2)NCCCNc1ccccc1. The number of hydrogen-bond acceptors (Lipinski definition) is 4. The molecule has 0 radical (unpaired) electrons. The van der Waals surface area contributed by atoms with Gasteiger partial charge in [0.25, 0.3) is 0 Å². The molecule has 0 aromatic heterocycles. The predicted octanol–water partition coefficient (Wildman–Crippen LogP) is 3.74. The number of carbonyl (C=O) groups excluding carboxylic acids is 1. The van der Waals surface area contributed by atoms with E-state index in [1.165, 1.54) is 6.08 Å². The second-order valence-corrected chi connectivity index (χ2v) is 6.20. The molecule has 1 amide bonds. The Morgan fingerprint density at radius 3 is 2.77 bits per heavy atom. The Kier molecular flexibility index (Phi) is 6.39. The first-order valence-electron chi connectivity index (χ1n) is 8.56. The highest BCUT2D eigenvalue weighted by Gasteiger charge is 2.15. The number of fused-ring (bicyclic) bond motifs is 1. The molecule has 0 spiro atoms. The zero-order chi connectivity index (χ0) is 18.2. The molecule has 136 valence electrons. The van der Waals surface area contributed by atoms with Crippen LogP contribution < -0.4 is 20.1 Å². The summed E-state index contributed by atoms with van der Waals surface area (Å²) in [7, 11) is 0. The Morgan fingerprint density at radius 2 is 1.92 bits per heavy atom. The zero-order valence-electron chi connectivity index (χ0n) is 14.3. The molecular formula is C20H21ClN2O3. The van der Waals surface area contributed by atoms with Gasteiger partial charge in [-0.2, -0.15) is 0 Å². The number of ether oxygens (including phenoxy) is 2. The first-order valence-corrected chi connectivity index (χ1v) is 8.94. The second kappa shape index (κ2) is 9.15. The lowest BCUT2D eigenvalue weighted by molar-refractivity contribution is -0.116. The van der Waals surface area contributed by atoms with Gasteiger partial charge in [-0.05, 0) is 42.3 Å². The molecule has 2 aromatic rings. The Labute approximate surface area is 158 Å². The molecule has 26 heavy (non-hydrogen) atoms. The Hall–Kier alpha value is -2.66. The van der Waals surface area contributed by atoms with Crippen LogP contribution in [0.5, 0.6) is 11.5 Å². The van der Waals surface area contributed by atoms with Crippen LogP contribution in [0.25, 0.3) is 6.08 Å². The quantitative estimate of drug-likeness (QED) is 0.574. The molecule has 0 aliphatic carbocycles. The van der Waals surface area contributed by atoms with Gasteiger partial charge in [-0.15, -0.1) is 0 Å². The summed E-state index contributed by atoms with van der Waals surface area (Å²) in [5.41, 5.74) is 1.87. The smallest absolute Gasteiger partial charge is 0.244 e. The Balaban J connectivity index is 1.42. The summed E-state index contributed by atoms with van der Waals surface area (Å²) < 4.78 is 11.0. The Morgan fingerprint density at radius 1 is 1.12 bits per heavy atom. The maximum Gasteiger partial charge on any atom is 0.244 e. The third kappa shape index (κ3) is 5.17. The van der Waals surface area contributed by atoms with Gasteiger partial charge in [-0.1, -0.05) is 29.8 Å². The highest BCUT2D eigenvalue weighted by atomic mass is 35.5. The van der Waals surface area contributed by atoms with Crippen LogP contribution in [0.15, 0.2) is 48.5 Å². The number of nitrogens with one attached hydrogen (secondary N) is 2.